The molecule has 0 saturated heterocycles. The molecule has 0 fully saturated rings. The number of carboxylic acid groups (broad SMARTS) is 1. The van der Waals surface area contributed by atoms with Gasteiger partial charge in [-0.15, -0.1) is 5.10 Å². The summed E-state index contributed by atoms with van der Waals surface area (Å²) < 4.78 is 28.8. The molecule has 0 spiro atoms. The predicted molar refractivity (Wildman–Crippen MR) is 113 cm³/mol. The number of aromatic carboxylic acids is 1. The van der Waals surface area contributed by atoms with Crippen LogP contribution in [0.3, 0.4) is 0 Å². The van der Waals surface area contributed by atoms with E-state index in [1.165, 1.54) is 28.9 Å². The first-order valence-corrected chi connectivity index (χ1v) is 11.0. The molecule has 150 valence electrons. The first-order chi connectivity index (χ1) is 14.4. The molecule has 0 amide bonds. The minimum absolute atomic E-state index is 0.0937. The van der Waals surface area contributed by atoms with Crippen LogP contribution in [0.2, 0.25) is 0 Å². The van der Waals surface area contributed by atoms with Crippen molar-refractivity contribution < 1.29 is 18.3 Å². The van der Waals surface area contributed by atoms with Crippen LogP contribution in [-0.4, -0.2) is 34.5 Å². The number of rotatable bonds is 5. The third-order valence-electron chi connectivity index (χ3n) is 4.42. The van der Waals surface area contributed by atoms with Crippen LogP contribution >= 0.6 is 15.9 Å². The van der Waals surface area contributed by atoms with E-state index >= 15 is 0 Å². The molecule has 0 aliphatic heterocycles. The molecule has 0 atom stereocenters. The van der Waals surface area contributed by atoms with Crippen molar-refractivity contribution in [1.29, 1.82) is 0 Å². The smallest absolute Gasteiger partial charge is 0.335 e. The van der Waals surface area contributed by atoms with Crippen molar-refractivity contribution in [3.8, 4) is 16.9 Å². The molecule has 0 unspecified atom stereocenters. The Morgan fingerprint density at radius 2 is 1.53 bits per heavy atom. The highest BCUT2D eigenvalue weighted by molar-refractivity contribution is 9.10. The van der Waals surface area contributed by atoms with E-state index in [0.717, 1.165) is 4.47 Å². The Hall–Kier alpha value is -3.30. The van der Waals surface area contributed by atoms with Gasteiger partial charge in [-0.3, -0.25) is 0 Å². The van der Waals surface area contributed by atoms with Gasteiger partial charge in [0.25, 0.3) is 0 Å². The van der Waals surface area contributed by atoms with Gasteiger partial charge in [-0.25, -0.2) is 17.9 Å². The summed E-state index contributed by atoms with van der Waals surface area (Å²) in [5.74, 6) is -1.05. The van der Waals surface area contributed by atoms with E-state index in [4.69, 9.17) is 5.11 Å². The second-order valence-corrected chi connectivity index (χ2v) is 9.11. The number of hydrogen-bond donors (Lipinski definition) is 1. The van der Waals surface area contributed by atoms with Crippen LogP contribution in [0.1, 0.15) is 10.4 Å². The van der Waals surface area contributed by atoms with E-state index < -0.39 is 15.8 Å². The molecule has 4 aromatic rings. The van der Waals surface area contributed by atoms with Crippen molar-refractivity contribution in [3.05, 3.63) is 88.9 Å². The molecule has 7 nitrogen and oxygen atoms in total. The number of benzene rings is 3. The van der Waals surface area contributed by atoms with Crippen LogP contribution < -0.4 is 0 Å². The standard InChI is InChI=1S/C21H14BrN3O4S/c22-16-8-12-18(13-9-16)30(28,29)20-19(14-4-2-1-3-5-14)25(24-23-20)17-10-6-15(7-11-17)21(26)27/h1-13H,(H,26,27). The lowest BCUT2D eigenvalue weighted by Crippen LogP contribution is -2.06. The van der Waals surface area contributed by atoms with E-state index in [-0.39, 0.29) is 15.5 Å². The summed E-state index contributed by atoms with van der Waals surface area (Å²) in [4.78, 5) is 11.2. The Kier molecular flexibility index (Phi) is 5.23. The summed E-state index contributed by atoms with van der Waals surface area (Å²) in [7, 11) is -3.95. The van der Waals surface area contributed by atoms with Gasteiger partial charge in [0.2, 0.25) is 14.9 Å². The first-order valence-electron chi connectivity index (χ1n) is 8.73. The molecule has 0 aliphatic carbocycles. The third kappa shape index (κ3) is 3.64. The van der Waals surface area contributed by atoms with Crippen molar-refractivity contribution in [1.82, 2.24) is 15.0 Å². The third-order valence-corrected chi connectivity index (χ3v) is 6.63. The summed E-state index contributed by atoms with van der Waals surface area (Å²) in [6.45, 7) is 0. The van der Waals surface area contributed by atoms with Crippen LogP contribution in [0, 0.1) is 0 Å². The molecular formula is C21H14BrN3O4S. The highest BCUT2D eigenvalue weighted by atomic mass is 79.9. The molecule has 1 N–H and O–H groups in total. The molecule has 3 aromatic carbocycles. The van der Waals surface area contributed by atoms with Crippen LogP contribution in [-0.2, 0) is 9.84 Å². The highest BCUT2D eigenvalue weighted by Gasteiger charge is 2.29. The monoisotopic (exact) mass is 483 g/mol. The Morgan fingerprint density at radius 3 is 2.13 bits per heavy atom. The van der Waals surface area contributed by atoms with Gasteiger partial charge in [0.15, 0.2) is 0 Å². The van der Waals surface area contributed by atoms with Gasteiger partial charge in [-0.05, 0) is 48.5 Å². The lowest BCUT2D eigenvalue weighted by molar-refractivity contribution is 0.0697. The van der Waals surface area contributed by atoms with Crippen molar-refractivity contribution in [3.63, 3.8) is 0 Å². The quantitative estimate of drug-likeness (QED) is 0.455. The number of hydrogen-bond acceptors (Lipinski definition) is 5. The van der Waals surface area contributed by atoms with Gasteiger partial charge in [-0.2, -0.15) is 0 Å². The molecule has 4 rings (SSSR count). The van der Waals surface area contributed by atoms with Crippen molar-refractivity contribution >= 4 is 31.7 Å². The number of carboxylic acids is 1. The minimum atomic E-state index is -3.95. The number of sulfone groups is 1. The summed E-state index contributed by atoms with van der Waals surface area (Å²) >= 11 is 3.30. The zero-order valence-corrected chi connectivity index (χ0v) is 17.7. The maximum absolute atomic E-state index is 13.3. The minimum Gasteiger partial charge on any atom is -0.478 e. The summed E-state index contributed by atoms with van der Waals surface area (Å²) in [6, 6.07) is 21.2. The zero-order valence-electron chi connectivity index (χ0n) is 15.3. The van der Waals surface area contributed by atoms with Crippen molar-refractivity contribution in [2.24, 2.45) is 0 Å². The molecule has 9 heteroatoms. The van der Waals surface area contributed by atoms with Crippen LogP contribution in [0.4, 0.5) is 0 Å². The number of carbonyl (C=O) groups is 1. The number of aromatic nitrogens is 3. The van der Waals surface area contributed by atoms with Gasteiger partial charge in [0, 0.05) is 10.0 Å². The second-order valence-electron chi connectivity index (χ2n) is 6.33. The molecule has 0 radical (unpaired) electrons. The molecule has 1 heterocycles. The average molecular weight is 484 g/mol. The lowest BCUT2D eigenvalue weighted by Gasteiger charge is -2.09. The predicted octanol–water partition coefficient (Wildman–Crippen LogP) is 4.23. The summed E-state index contributed by atoms with van der Waals surface area (Å²) in [5, 5.41) is 17.0. The summed E-state index contributed by atoms with van der Waals surface area (Å²) in [6.07, 6.45) is 0. The summed E-state index contributed by atoms with van der Waals surface area (Å²) in [5.41, 5.74) is 1.51. The fourth-order valence-electron chi connectivity index (χ4n) is 2.94. The first kappa shape index (κ1) is 20.0. The second kappa shape index (κ2) is 7.85. The maximum atomic E-state index is 13.3. The Morgan fingerprint density at radius 1 is 0.900 bits per heavy atom. The maximum Gasteiger partial charge on any atom is 0.335 e. The Bertz CT molecular complexity index is 1320. The zero-order chi connectivity index (χ0) is 21.3. The molecule has 0 bridgehead atoms. The number of nitrogens with zero attached hydrogens (tertiary/aromatic N) is 3. The Labute approximate surface area is 180 Å². The van der Waals surface area contributed by atoms with Crippen LogP contribution in [0.15, 0.2) is 93.3 Å². The van der Waals surface area contributed by atoms with Crippen molar-refractivity contribution in [2.45, 2.75) is 9.92 Å². The van der Waals surface area contributed by atoms with Gasteiger partial charge >= 0.3 is 5.97 Å². The van der Waals surface area contributed by atoms with Crippen LogP contribution in [0.25, 0.3) is 16.9 Å². The van der Waals surface area contributed by atoms with E-state index in [1.807, 2.05) is 6.07 Å². The molecule has 30 heavy (non-hydrogen) atoms. The molecule has 0 aliphatic rings. The topological polar surface area (TPSA) is 102 Å². The molecular weight excluding hydrogens is 470 g/mol. The van der Waals surface area contributed by atoms with Gasteiger partial charge in [-0.1, -0.05) is 51.5 Å². The largest absolute Gasteiger partial charge is 0.478 e. The fraction of sp³-hybridized carbons (Fsp3) is 0. The normalized spacial score (nSPS) is 11.4. The van der Waals surface area contributed by atoms with Gasteiger partial charge < -0.3 is 5.11 Å². The van der Waals surface area contributed by atoms with E-state index in [2.05, 4.69) is 26.2 Å². The molecule has 1 aromatic heterocycles. The molecule has 0 saturated carbocycles. The highest BCUT2D eigenvalue weighted by Crippen LogP contribution is 2.32. The lowest BCUT2D eigenvalue weighted by atomic mass is 10.1. The van der Waals surface area contributed by atoms with E-state index in [0.29, 0.717) is 16.9 Å². The number of halogens is 1. The Balaban J connectivity index is 1.92. The fourth-order valence-corrected chi connectivity index (χ4v) is 4.53. The SMILES string of the molecule is O=C(O)c1ccc(-n2nnc(S(=O)(=O)c3ccc(Br)cc3)c2-c2ccccc2)cc1. The van der Waals surface area contributed by atoms with Gasteiger partial charge in [0.05, 0.1) is 16.1 Å². The van der Waals surface area contributed by atoms with E-state index in [9.17, 15) is 13.2 Å². The van der Waals surface area contributed by atoms with Crippen molar-refractivity contribution in [2.75, 3.05) is 0 Å². The van der Waals surface area contributed by atoms with Crippen LogP contribution in [0.5, 0.6) is 0 Å². The average Bonchev–Trinajstić information content (AvgIpc) is 3.21. The van der Waals surface area contributed by atoms with Gasteiger partial charge in [0.1, 0.15) is 5.69 Å². The van der Waals surface area contributed by atoms with E-state index in [1.54, 1.807) is 48.5 Å².